The smallest absolute Gasteiger partial charge is 0.238 e. The zero-order chi connectivity index (χ0) is 27.8. The van der Waals surface area contributed by atoms with Gasteiger partial charge in [-0.25, -0.2) is 8.78 Å². The Morgan fingerprint density at radius 3 is 2.42 bits per heavy atom. The molecule has 1 saturated carbocycles. The van der Waals surface area contributed by atoms with Crippen LogP contribution >= 0.6 is 23.2 Å². The van der Waals surface area contributed by atoms with Crippen LogP contribution in [0.3, 0.4) is 0 Å². The van der Waals surface area contributed by atoms with Gasteiger partial charge in [0.05, 0.1) is 27.4 Å². The predicted octanol–water partition coefficient (Wildman–Crippen LogP) is 5.05. The SMILES string of the molecule is CC(C)(C)C[C@H]1N[C@@H](C(=O)NC2CC(C)(O)C2)[C@H](c2cccc(Cl)c2F)[C@@]12C(=O)Nc1c2ccc(Cl)c1F. The average Bonchev–Trinajstić information content (AvgIpc) is 3.27. The summed E-state index contributed by atoms with van der Waals surface area (Å²) in [5.41, 5.74) is -2.37. The number of halogens is 4. The van der Waals surface area contributed by atoms with E-state index >= 15 is 8.78 Å². The number of anilines is 1. The molecule has 2 aliphatic heterocycles. The maximum Gasteiger partial charge on any atom is 0.238 e. The number of carbonyl (C=O) groups excluding carboxylic acids is 2. The molecule has 2 heterocycles. The van der Waals surface area contributed by atoms with Gasteiger partial charge in [0.1, 0.15) is 11.2 Å². The Labute approximate surface area is 230 Å². The molecule has 4 atom stereocenters. The number of hydrogen-bond acceptors (Lipinski definition) is 4. The first-order valence-corrected chi connectivity index (χ1v) is 13.4. The fourth-order valence-electron chi connectivity index (χ4n) is 6.58. The first-order chi connectivity index (χ1) is 17.7. The van der Waals surface area contributed by atoms with E-state index < -0.39 is 52.5 Å². The van der Waals surface area contributed by atoms with E-state index in [0.717, 1.165) is 0 Å². The van der Waals surface area contributed by atoms with Crippen LogP contribution in [0.1, 0.15) is 64.0 Å². The van der Waals surface area contributed by atoms with Crippen LogP contribution in [0, 0.1) is 17.0 Å². The van der Waals surface area contributed by atoms with Crippen molar-refractivity contribution in [1.29, 1.82) is 0 Å². The summed E-state index contributed by atoms with van der Waals surface area (Å²) in [6.07, 6.45) is 1.18. The standard InChI is InChI=1S/C28H31Cl2F2N3O3/c1-26(2,3)12-18-28(15-8-9-17(30)21(32)22(15)35-25(28)37)19(14-6-5-7-16(29)20(14)31)23(34-18)24(36)33-13-10-27(4,38)11-13/h5-9,13,18-19,23,34,38H,10-12H2,1-4H3,(H,33,36)(H,35,37)/t13?,18-,19+,23-,27?,28+/m1/s1. The lowest BCUT2D eigenvalue weighted by Gasteiger charge is -2.42. The van der Waals surface area contributed by atoms with Crippen LogP contribution < -0.4 is 16.0 Å². The minimum Gasteiger partial charge on any atom is -0.390 e. The van der Waals surface area contributed by atoms with E-state index in [0.29, 0.717) is 24.8 Å². The molecule has 38 heavy (non-hydrogen) atoms. The molecule has 2 fully saturated rings. The third-order valence-electron chi connectivity index (χ3n) is 8.04. The van der Waals surface area contributed by atoms with E-state index in [1.165, 1.54) is 18.2 Å². The van der Waals surface area contributed by atoms with E-state index in [1.807, 2.05) is 20.8 Å². The van der Waals surface area contributed by atoms with Gasteiger partial charge in [0.25, 0.3) is 0 Å². The number of hydrogen-bond donors (Lipinski definition) is 4. The largest absolute Gasteiger partial charge is 0.390 e. The van der Waals surface area contributed by atoms with Crippen LogP contribution in [0.4, 0.5) is 14.5 Å². The molecule has 6 nitrogen and oxygen atoms in total. The van der Waals surface area contributed by atoms with Crippen LogP contribution in [0.2, 0.25) is 10.0 Å². The highest BCUT2D eigenvalue weighted by Gasteiger charge is 2.66. The van der Waals surface area contributed by atoms with Gasteiger partial charge in [0, 0.05) is 18.0 Å². The molecule has 2 aromatic rings. The van der Waals surface area contributed by atoms with Gasteiger partial charge in [0.15, 0.2) is 5.82 Å². The minimum absolute atomic E-state index is 0.0632. The number of fused-ring (bicyclic) bond motifs is 2. The summed E-state index contributed by atoms with van der Waals surface area (Å²) in [5.74, 6) is -3.55. The van der Waals surface area contributed by atoms with Crippen molar-refractivity contribution >= 4 is 40.7 Å². The maximum absolute atomic E-state index is 15.7. The molecule has 0 radical (unpaired) electrons. The van der Waals surface area contributed by atoms with Gasteiger partial charge in [0.2, 0.25) is 11.8 Å². The second-order valence-electron chi connectivity index (χ2n) is 12.3. The van der Waals surface area contributed by atoms with Crippen LogP contribution in [0.25, 0.3) is 0 Å². The summed E-state index contributed by atoms with van der Waals surface area (Å²) in [4.78, 5) is 27.8. The molecule has 2 aromatic carbocycles. The zero-order valence-corrected chi connectivity index (χ0v) is 23.1. The van der Waals surface area contributed by atoms with Crippen molar-refractivity contribution in [3.63, 3.8) is 0 Å². The van der Waals surface area contributed by atoms with Crippen molar-refractivity contribution in [3.8, 4) is 0 Å². The zero-order valence-electron chi connectivity index (χ0n) is 21.6. The maximum atomic E-state index is 15.7. The van der Waals surface area contributed by atoms with Crippen LogP contribution in [-0.2, 0) is 15.0 Å². The van der Waals surface area contributed by atoms with Gasteiger partial charge in [-0.1, -0.05) is 62.2 Å². The monoisotopic (exact) mass is 565 g/mol. The molecule has 1 spiro atoms. The van der Waals surface area contributed by atoms with Gasteiger partial charge in [-0.2, -0.15) is 0 Å². The summed E-state index contributed by atoms with van der Waals surface area (Å²) in [6, 6.07) is 5.47. The normalized spacial score (nSPS) is 32.2. The van der Waals surface area contributed by atoms with Gasteiger partial charge < -0.3 is 21.1 Å². The topological polar surface area (TPSA) is 90.5 Å². The number of carbonyl (C=O) groups is 2. The second-order valence-corrected chi connectivity index (χ2v) is 13.1. The number of amides is 2. The van der Waals surface area contributed by atoms with Crippen LogP contribution in [0.15, 0.2) is 30.3 Å². The Morgan fingerprint density at radius 2 is 1.79 bits per heavy atom. The Balaban J connectivity index is 1.71. The molecule has 0 bridgehead atoms. The van der Waals surface area contributed by atoms with Gasteiger partial charge in [-0.3, -0.25) is 9.59 Å². The predicted molar refractivity (Wildman–Crippen MR) is 142 cm³/mol. The van der Waals surface area contributed by atoms with Gasteiger partial charge in [-0.05, 0) is 54.9 Å². The molecular weight excluding hydrogens is 535 g/mol. The molecule has 4 N–H and O–H groups in total. The highest BCUT2D eigenvalue weighted by atomic mass is 35.5. The lowest BCUT2D eigenvalue weighted by Crippen LogP contribution is -2.57. The Kier molecular flexibility index (Phi) is 6.58. The lowest BCUT2D eigenvalue weighted by atomic mass is 9.62. The quantitative estimate of drug-likeness (QED) is 0.417. The fourth-order valence-corrected chi connectivity index (χ4v) is 6.91. The molecule has 204 valence electrons. The number of nitrogens with one attached hydrogen (secondary N) is 3. The lowest BCUT2D eigenvalue weighted by molar-refractivity contribution is -0.127. The van der Waals surface area contributed by atoms with Crippen molar-refractivity contribution in [3.05, 3.63) is 63.1 Å². The molecule has 3 aliphatic rings. The first-order valence-electron chi connectivity index (χ1n) is 12.7. The van der Waals surface area contributed by atoms with Gasteiger partial charge in [-0.15, -0.1) is 0 Å². The number of benzene rings is 2. The van der Waals surface area contributed by atoms with Crippen molar-refractivity contribution in [2.45, 2.75) is 82.0 Å². The molecule has 1 aliphatic carbocycles. The summed E-state index contributed by atoms with van der Waals surface area (Å²) in [5, 5.41) is 18.8. The molecule has 10 heteroatoms. The Hall–Kier alpha value is -2.26. The van der Waals surface area contributed by atoms with Crippen molar-refractivity contribution in [2.75, 3.05) is 5.32 Å². The van der Waals surface area contributed by atoms with E-state index in [1.54, 1.807) is 19.1 Å². The van der Waals surface area contributed by atoms with Crippen molar-refractivity contribution < 1.29 is 23.5 Å². The highest BCUT2D eigenvalue weighted by Crippen LogP contribution is 2.57. The summed E-state index contributed by atoms with van der Waals surface area (Å²) >= 11 is 12.2. The molecule has 0 unspecified atom stereocenters. The molecule has 2 amide bonds. The first kappa shape index (κ1) is 27.3. The average molecular weight is 566 g/mol. The Bertz CT molecular complexity index is 1320. The van der Waals surface area contributed by atoms with E-state index in [-0.39, 0.29) is 32.8 Å². The van der Waals surface area contributed by atoms with Crippen LogP contribution in [0.5, 0.6) is 0 Å². The number of aliphatic hydroxyl groups is 1. The minimum atomic E-state index is -1.54. The summed E-state index contributed by atoms with van der Waals surface area (Å²) in [7, 11) is 0. The molecule has 5 rings (SSSR count). The van der Waals surface area contributed by atoms with Crippen molar-refractivity contribution in [2.24, 2.45) is 5.41 Å². The third-order valence-corrected chi connectivity index (χ3v) is 8.63. The third kappa shape index (κ3) is 4.30. The van der Waals surface area contributed by atoms with Crippen molar-refractivity contribution in [1.82, 2.24) is 10.6 Å². The van der Waals surface area contributed by atoms with Crippen LogP contribution in [-0.4, -0.2) is 40.6 Å². The van der Waals surface area contributed by atoms with E-state index in [2.05, 4.69) is 16.0 Å². The summed E-state index contributed by atoms with van der Waals surface area (Å²) in [6.45, 7) is 7.69. The second kappa shape index (κ2) is 9.15. The molecule has 0 aromatic heterocycles. The Morgan fingerprint density at radius 1 is 1.13 bits per heavy atom. The molecular formula is C28H31Cl2F2N3O3. The van der Waals surface area contributed by atoms with E-state index in [4.69, 9.17) is 23.2 Å². The molecule has 1 saturated heterocycles. The number of rotatable bonds is 4. The summed E-state index contributed by atoms with van der Waals surface area (Å²) < 4.78 is 31.0. The van der Waals surface area contributed by atoms with Gasteiger partial charge >= 0.3 is 0 Å². The fraction of sp³-hybridized carbons (Fsp3) is 0.500. The van der Waals surface area contributed by atoms with E-state index in [9.17, 15) is 14.7 Å². The highest BCUT2D eigenvalue weighted by molar-refractivity contribution is 6.31.